The average molecular weight is 371 g/mol. The molecule has 0 N–H and O–H groups in total. The second-order valence-electron chi connectivity index (χ2n) is 5.96. The van der Waals surface area contributed by atoms with Crippen molar-refractivity contribution in [2.24, 2.45) is 0 Å². The van der Waals surface area contributed by atoms with Crippen molar-refractivity contribution in [2.45, 2.75) is 12.8 Å². The van der Waals surface area contributed by atoms with E-state index in [-0.39, 0.29) is 0 Å². The van der Waals surface area contributed by atoms with Gasteiger partial charge in [-0.05, 0) is 24.5 Å². The number of fused-ring (bicyclic) bond motifs is 5. The molecule has 1 aliphatic heterocycles. The van der Waals surface area contributed by atoms with Crippen LogP contribution >= 0.6 is 11.3 Å². The third-order valence-electron chi connectivity index (χ3n) is 4.55. The molecule has 1 aliphatic rings. The molecule has 0 aliphatic carbocycles. The van der Waals surface area contributed by atoms with Gasteiger partial charge >= 0.3 is 12.2 Å². The van der Waals surface area contributed by atoms with Gasteiger partial charge in [-0.25, -0.2) is 9.59 Å². The quantitative estimate of drug-likeness (QED) is 0.457. The third kappa shape index (κ3) is 2.55. The summed E-state index contributed by atoms with van der Waals surface area (Å²) in [5, 5.41) is 2.11. The van der Waals surface area contributed by atoms with Crippen LogP contribution in [0.5, 0.6) is 5.75 Å². The molecule has 1 aromatic heterocycles. The SMILES string of the molecule is COC(=O)Oc1cc2c(c3c1sc1ccccc13)CCCN2C(=O)OC. The normalized spacial score (nSPS) is 13.5. The van der Waals surface area contributed by atoms with Gasteiger partial charge in [0.2, 0.25) is 0 Å². The van der Waals surface area contributed by atoms with Crippen LogP contribution in [0.15, 0.2) is 30.3 Å². The highest BCUT2D eigenvalue weighted by molar-refractivity contribution is 7.26. The maximum atomic E-state index is 12.2. The van der Waals surface area contributed by atoms with Crippen molar-refractivity contribution in [3.05, 3.63) is 35.9 Å². The molecule has 0 fully saturated rings. The Morgan fingerprint density at radius 1 is 1.15 bits per heavy atom. The molecule has 0 spiro atoms. The zero-order chi connectivity index (χ0) is 18.3. The molecule has 6 nitrogen and oxygen atoms in total. The monoisotopic (exact) mass is 371 g/mol. The Morgan fingerprint density at radius 2 is 1.96 bits per heavy atom. The minimum absolute atomic E-state index is 0.391. The average Bonchev–Trinajstić information content (AvgIpc) is 3.07. The van der Waals surface area contributed by atoms with Gasteiger partial charge in [-0.15, -0.1) is 11.3 Å². The van der Waals surface area contributed by atoms with Crippen molar-refractivity contribution in [3.8, 4) is 5.75 Å². The predicted octanol–water partition coefficient (Wildman–Crippen LogP) is 4.72. The maximum absolute atomic E-state index is 12.2. The largest absolute Gasteiger partial charge is 0.513 e. The first kappa shape index (κ1) is 16.7. The van der Waals surface area contributed by atoms with Gasteiger partial charge in [-0.2, -0.15) is 0 Å². The second-order valence-corrected chi connectivity index (χ2v) is 7.01. The standard InChI is InChI=1S/C19H17NO5S/c1-23-18(21)20-9-5-7-11-13(20)10-14(25-19(22)24-2)17-16(11)12-6-3-4-8-15(12)26-17/h3-4,6,8,10H,5,7,9H2,1-2H3. The van der Waals surface area contributed by atoms with Crippen molar-refractivity contribution >= 4 is 49.4 Å². The molecular weight excluding hydrogens is 354 g/mol. The number of methoxy groups -OCH3 is 2. The molecule has 1 amide bonds. The third-order valence-corrected chi connectivity index (χ3v) is 5.74. The number of nitrogens with zero attached hydrogens (tertiary/aromatic N) is 1. The fourth-order valence-corrected chi connectivity index (χ4v) is 4.64. The van der Waals surface area contributed by atoms with Crippen LogP contribution in [-0.4, -0.2) is 33.0 Å². The van der Waals surface area contributed by atoms with Crippen molar-refractivity contribution in [1.29, 1.82) is 0 Å². The van der Waals surface area contributed by atoms with Crippen LogP contribution in [0.2, 0.25) is 0 Å². The lowest BCUT2D eigenvalue weighted by molar-refractivity contribution is 0.122. The Hall–Kier alpha value is -2.80. The lowest BCUT2D eigenvalue weighted by atomic mass is 9.96. The number of anilines is 1. The van der Waals surface area contributed by atoms with Gasteiger partial charge in [0, 0.05) is 28.1 Å². The Labute approximate surface area is 153 Å². The van der Waals surface area contributed by atoms with Gasteiger partial charge < -0.3 is 14.2 Å². The first-order valence-corrected chi connectivity index (χ1v) is 9.04. The van der Waals surface area contributed by atoms with Crippen LogP contribution in [0.25, 0.3) is 20.2 Å². The Kier molecular flexibility index (Phi) is 4.16. The molecular formula is C19H17NO5S. The highest BCUT2D eigenvalue weighted by atomic mass is 32.1. The molecule has 0 bridgehead atoms. The summed E-state index contributed by atoms with van der Waals surface area (Å²) in [5.41, 5.74) is 1.80. The zero-order valence-electron chi connectivity index (χ0n) is 14.4. The van der Waals surface area contributed by atoms with Crippen molar-refractivity contribution < 1.29 is 23.8 Å². The highest BCUT2D eigenvalue weighted by Gasteiger charge is 2.28. The number of benzene rings is 2. The van der Waals surface area contributed by atoms with E-state index in [4.69, 9.17) is 9.47 Å². The predicted molar refractivity (Wildman–Crippen MR) is 100 cm³/mol. The molecule has 4 rings (SSSR count). The molecule has 0 saturated carbocycles. The van der Waals surface area contributed by atoms with E-state index in [0.717, 1.165) is 44.3 Å². The van der Waals surface area contributed by atoms with E-state index in [1.165, 1.54) is 14.2 Å². The van der Waals surface area contributed by atoms with Crippen LogP contribution in [-0.2, 0) is 15.9 Å². The summed E-state index contributed by atoms with van der Waals surface area (Å²) in [5.74, 6) is 0.391. The Morgan fingerprint density at radius 3 is 2.73 bits per heavy atom. The molecule has 0 unspecified atom stereocenters. The first-order chi connectivity index (χ1) is 12.6. The van der Waals surface area contributed by atoms with Crippen LogP contribution < -0.4 is 9.64 Å². The van der Waals surface area contributed by atoms with Crippen molar-refractivity contribution in [1.82, 2.24) is 0 Å². The number of carbonyl (C=O) groups excluding carboxylic acids is 2. The number of hydrogen-bond acceptors (Lipinski definition) is 6. The summed E-state index contributed by atoms with van der Waals surface area (Å²) in [4.78, 5) is 25.6. The van der Waals surface area contributed by atoms with Gasteiger partial charge in [0.25, 0.3) is 0 Å². The molecule has 0 saturated heterocycles. The maximum Gasteiger partial charge on any atom is 0.513 e. The fraction of sp³-hybridized carbons (Fsp3) is 0.263. The van der Waals surface area contributed by atoms with E-state index >= 15 is 0 Å². The topological polar surface area (TPSA) is 65.1 Å². The molecule has 3 aromatic rings. The van der Waals surface area contributed by atoms with Crippen molar-refractivity contribution in [3.63, 3.8) is 0 Å². The smallest absolute Gasteiger partial charge is 0.452 e. The molecule has 0 radical (unpaired) electrons. The molecule has 7 heteroatoms. The van der Waals surface area contributed by atoms with Crippen molar-refractivity contribution in [2.75, 3.05) is 25.7 Å². The summed E-state index contributed by atoms with van der Waals surface area (Å²) in [7, 11) is 2.63. The van der Waals surface area contributed by atoms with Crippen LogP contribution in [0.1, 0.15) is 12.0 Å². The molecule has 2 aromatic carbocycles. The number of aryl methyl sites for hydroxylation is 1. The van der Waals surface area contributed by atoms with Gasteiger partial charge in [-0.1, -0.05) is 18.2 Å². The van der Waals surface area contributed by atoms with Gasteiger partial charge in [0.15, 0.2) is 5.75 Å². The van der Waals surface area contributed by atoms with E-state index in [1.807, 2.05) is 24.3 Å². The molecule has 0 atom stereocenters. The minimum atomic E-state index is -0.788. The summed E-state index contributed by atoms with van der Waals surface area (Å²) >= 11 is 1.56. The highest BCUT2D eigenvalue weighted by Crippen LogP contribution is 2.46. The number of rotatable bonds is 1. The zero-order valence-corrected chi connectivity index (χ0v) is 15.2. The lowest BCUT2D eigenvalue weighted by Crippen LogP contribution is -2.35. The summed E-state index contributed by atoms with van der Waals surface area (Å²) in [6, 6.07) is 9.78. The number of amides is 1. The van der Waals surface area contributed by atoms with Gasteiger partial charge in [-0.3, -0.25) is 4.90 Å². The number of thiophene rings is 1. The number of hydrogen-bond donors (Lipinski definition) is 0. The first-order valence-electron chi connectivity index (χ1n) is 8.22. The molecule has 134 valence electrons. The van der Waals surface area contributed by atoms with E-state index in [9.17, 15) is 9.59 Å². The molecule has 26 heavy (non-hydrogen) atoms. The summed E-state index contributed by atoms with van der Waals surface area (Å²) < 4.78 is 17.0. The van der Waals surface area contributed by atoms with E-state index in [0.29, 0.717) is 12.3 Å². The Balaban J connectivity index is 2.04. The van der Waals surface area contributed by atoms with E-state index in [1.54, 1.807) is 22.3 Å². The van der Waals surface area contributed by atoms with Crippen LogP contribution in [0.4, 0.5) is 15.3 Å². The summed E-state index contributed by atoms with van der Waals surface area (Å²) in [6.07, 6.45) is 0.481. The van der Waals surface area contributed by atoms with Crippen LogP contribution in [0.3, 0.4) is 0 Å². The molecule has 2 heterocycles. The second kappa shape index (κ2) is 6.49. The van der Waals surface area contributed by atoms with Gasteiger partial charge in [0.05, 0.1) is 24.6 Å². The van der Waals surface area contributed by atoms with E-state index < -0.39 is 12.2 Å². The lowest BCUT2D eigenvalue weighted by Gasteiger charge is -2.29. The van der Waals surface area contributed by atoms with E-state index in [2.05, 4.69) is 4.74 Å². The fourth-order valence-electron chi connectivity index (χ4n) is 3.46. The minimum Gasteiger partial charge on any atom is -0.452 e. The van der Waals surface area contributed by atoms with Crippen LogP contribution in [0, 0.1) is 0 Å². The number of ether oxygens (including phenoxy) is 3. The Bertz CT molecular complexity index is 1030. The van der Waals surface area contributed by atoms with Gasteiger partial charge in [0.1, 0.15) is 0 Å². The number of carbonyl (C=O) groups is 2. The summed E-state index contributed by atoms with van der Waals surface area (Å²) in [6.45, 7) is 0.560.